The molecular formula is C21H22ClN3O4S. The molecule has 0 atom stereocenters. The molecule has 7 nitrogen and oxygen atoms in total. The highest BCUT2D eigenvalue weighted by atomic mass is 35.5. The molecule has 1 fully saturated rings. The van der Waals surface area contributed by atoms with E-state index in [2.05, 4.69) is 17.1 Å². The summed E-state index contributed by atoms with van der Waals surface area (Å²) in [5.74, 6) is 1.53. The van der Waals surface area contributed by atoms with E-state index in [1.54, 1.807) is 25.3 Å². The molecule has 4 rings (SSSR count). The van der Waals surface area contributed by atoms with Gasteiger partial charge in [0.2, 0.25) is 15.9 Å². The van der Waals surface area contributed by atoms with Crippen molar-refractivity contribution < 1.29 is 17.6 Å². The van der Waals surface area contributed by atoms with Crippen molar-refractivity contribution in [2.24, 2.45) is 5.92 Å². The van der Waals surface area contributed by atoms with Gasteiger partial charge in [-0.1, -0.05) is 30.7 Å². The summed E-state index contributed by atoms with van der Waals surface area (Å²) in [5, 5.41) is 8.50. The van der Waals surface area contributed by atoms with Crippen molar-refractivity contribution in [3.8, 4) is 28.7 Å². The van der Waals surface area contributed by atoms with Crippen molar-refractivity contribution in [2.45, 2.75) is 24.7 Å². The zero-order chi connectivity index (χ0) is 21.3. The summed E-state index contributed by atoms with van der Waals surface area (Å²) < 4.78 is 38.9. The Kier molecular flexibility index (Phi) is 5.81. The fourth-order valence-electron chi connectivity index (χ4n) is 3.47. The number of para-hydroxylation sites is 1. The first kappa shape index (κ1) is 20.8. The van der Waals surface area contributed by atoms with E-state index in [9.17, 15) is 8.42 Å². The van der Waals surface area contributed by atoms with Gasteiger partial charge in [0.05, 0.1) is 28.2 Å². The topological polar surface area (TPSA) is 85.5 Å². The van der Waals surface area contributed by atoms with Gasteiger partial charge < -0.3 is 9.15 Å². The van der Waals surface area contributed by atoms with E-state index in [1.165, 1.54) is 16.4 Å². The lowest BCUT2D eigenvalue weighted by atomic mass is 10.0. The lowest BCUT2D eigenvalue weighted by Gasteiger charge is -2.29. The van der Waals surface area contributed by atoms with Crippen LogP contribution in [0.25, 0.3) is 22.9 Å². The smallest absolute Gasteiger partial charge is 0.251 e. The minimum Gasteiger partial charge on any atom is -0.496 e. The summed E-state index contributed by atoms with van der Waals surface area (Å²) in [5.41, 5.74) is 1.01. The zero-order valence-electron chi connectivity index (χ0n) is 16.7. The Balaban J connectivity index is 1.69. The molecule has 1 aromatic heterocycles. The third-order valence-corrected chi connectivity index (χ3v) is 7.54. The second-order valence-electron chi connectivity index (χ2n) is 7.34. The molecule has 1 saturated heterocycles. The molecule has 158 valence electrons. The highest BCUT2D eigenvalue weighted by molar-refractivity contribution is 7.89. The quantitative estimate of drug-likeness (QED) is 0.573. The molecule has 0 N–H and O–H groups in total. The van der Waals surface area contributed by atoms with E-state index in [4.69, 9.17) is 20.8 Å². The molecule has 0 saturated carbocycles. The summed E-state index contributed by atoms with van der Waals surface area (Å²) in [6.45, 7) is 3.17. The minimum atomic E-state index is -3.62. The second kappa shape index (κ2) is 8.37. The normalized spacial score (nSPS) is 16.0. The van der Waals surface area contributed by atoms with E-state index in [0.717, 1.165) is 12.8 Å². The number of nitrogens with zero attached hydrogens (tertiary/aromatic N) is 3. The summed E-state index contributed by atoms with van der Waals surface area (Å²) in [6.07, 6.45) is 1.71. The van der Waals surface area contributed by atoms with Crippen LogP contribution in [-0.4, -0.2) is 43.1 Å². The number of piperidine rings is 1. The number of sulfonamides is 1. The van der Waals surface area contributed by atoms with Crippen molar-refractivity contribution in [1.82, 2.24) is 14.5 Å². The maximum absolute atomic E-state index is 13.1. The molecule has 0 bridgehead atoms. The molecule has 0 spiro atoms. The van der Waals surface area contributed by atoms with Gasteiger partial charge in [-0.05, 0) is 49.1 Å². The highest BCUT2D eigenvalue weighted by Crippen LogP contribution is 2.35. The van der Waals surface area contributed by atoms with Crippen LogP contribution >= 0.6 is 11.6 Å². The van der Waals surface area contributed by atoms with Gasteiger partial charge in [0.1, 0.15) is 5.75 Å². The Morgan fingerprint density at radius 1 is 1.07 bits per heavy atom. The largest absolute Gasteiger partial charge is 0.496 e. The highest BCUT2D eigenvalue weighted by Gasteiger charge is 2.29. The van der Waals surface area contributed by atoms with E-state index in [0.29, 0.717) is 40.9 Å². The monoisotopic (exact) mass is 447 g/mol. The Labute approximate surface area is 180 Å². The van der Waals surface area contributed by atoms with Gasteiger partial charge in [-0.3, -0.25) is 0 Å². The summed E-state index contributed by atoms with van der Waals surface area (Å²) in [4.78, 5) is 0.161. The zero-order valence-corrected chi connectivity index (χ0v) is 18.3. The number of aromatic nitrogens is 2. The van der Waals surface area contributed by atoms with Gasteiger partial charge in [0.15, 0.2) is 0 Å². The van der Waals surface area contributed by atoms with Crippen LogP contribution in [0, 0.1) is 5.92 Å². The van der Waals surface area contributed by atoms with Crippen molar-refractivity contribution in [2.75, 3.05) is 20.2 Å². The Morgan fingerprint density at radius 2 is 1.73 bits per heavy atom. The first-order valence-electron chi connectivity index (χ1n) is 9.67. The van der Waals surface area contributed by atoms with Crippen LogP contribution in [0.15, 0.2) is 51.8 Å². The van der Waals surface area contributed by atoms with Gasteiger partial charge in [0, 0.05) is 13.1 Å². The molecule has 2 heterocycles. The van der Waals surface area contributed by atoms with Gasteiger partial charge in [0.25, 0.3) is 5.89 Å². The van der Waals surface area contributed by atoms with Gasteiger partial charge >= 0.3 is 0 Å². The SMILES string of the molecule is COc1ccccc1-c1nnc(-c2cc(S(=O)(=O)N3CCC(C)CC3)ccc2Cl)o1. The van der Waals surface area contributed by atoms with E-state index in [1.807, 2.05) is 12.1 Å². The van der Waals surface area contributed by atoms with Crippen molar-refractivity contribution in [3.05, 3.63) is 47.5 Å². The molecule has 0 radical (unpaired) electrons. The number of ether oxygens (including phenoxy) is 1. The molecule has 0 aliphatic carbocycles. The molecule has 3 aromatic rings. The van der Waals surface area contributed by atoms with Crippen molar-refractivity contribution in [1.29, 1.82) is 0 Å². The minimum absolute atomic E-state index is 0.144. The molecule has 1 aliphatic rings. The van der Waals surface area contributed by atoms with Gasteiger partial charge in [-0.2, -0.15) is 4.31 Å². The number of hydrogen-bond donors (Lipinski definition) is 0. The Hall–Kier alpha value is -2.42. The summed E-state index contributed by atoms with van der Waals surface area (Å²) >= 11 is 6.34. The van der Waals surface area contributed by atoms with Crippen LogP contribution < -0.4 is 4.74 Å². The maximum atomic E-state index is 13.1. The average Bonchev–Trinajstić information content (AvgIpc) is 3.24. The number of hydrogen-bond acceptors (Lipinski definition) is 6. The lowest BCUT2D eigenvalue weighted by molar-refractivity contribution is 0.288. The van der Waals surface area contributed by atoms with Crippen molar-refractivity contribution >= 4 is 21.6 Å². The second-order valence-corrected chi connectivity index (χ2v) is 9.69. The average molecular weight is 448 g/mol. The third-order valence-electron chi connectivity index (χ3n) is 5.31. The number of methoxy groups -OCH3 is 1. The van der Waals surface area contributed by atoms with E-state index >= 15 is 0 Å². The van der Waals surface area contributed by atoms with Crippen LogP contribution in [-0.2, 0) is 10.0 Å². The molecule has 1 aliphatic heterocycles. The fourth-order valence-corrected chi connectivity index (χ4v) is 5.16. The molecule has 9 heteroatoms. The third kappa shape index (κ3) is 3.95. The standard InChI is InChI=1S/C21H22ClN3O4S/c1-14-9-11-25(12-10-14)30(26,27)15-7-8-18(22)17(13-15)21-24-23-20(29-21)16-5-3-4-6-19(16)28-2/h3-8,13-14H,9-12H2,1-2H3. The number of benzene rings is 2. The van der Waals surface area contributed by atoms with Crippen LogP contribution in [0.2, 0.25) is 5.02 Å². The molecule has 0 amide bonds. The summed E-state index contributed by atoms with van der Waals surface area (Å²) in [7, 11) is -2.07. The number of halogens is 1. The van der Waals surface area contributed by atoms with Gasteiger partial charge in [-0.15, -0.1) is 10.2 Å². The summed E-state index contributed by atoms with van der Waals surface area (Å²) in [6, 6.07) is 11.8. The van der Waals surface area contributed by atoms with E-state index < -0.39 is 10.0 Å². The predicted molar refractivity (Wildman–Crippen MR) is 114 cm³/mol. The van der Waals surface area contributed by atoms with Crippen molar-refractivity contribution in [3.63, 3.8) is 0 Å². The molecule has 2 aromatic carbocycles. The first-order valence-corrected chi connectivity index (χ1v) is 11.5. The predicted octanol–water partition coefficient (Wildman–Crippen LogP) is 4.49. The number of rotatable bonds is 5. The van der Waals surface area contributed by atoms with Crippen LogP contribution in [0.3, 0.4) is 0 Å². The maximum Gasteiger partial charge on any atom is 0.251 e. The van der Waals surface area contributed by atoms with Crippen LogP contribution in [0.5, 0.6) is 5.75 Å². The molecule has 0 unspecified atom stereocenters. The van der Waals surface area contributed by atoms with Gasteiger partial charge in [-0.25, -0.2) is 8.42 Å². The molecular weight excluding hydrogens is 426 g/mol. The molecule has 30 heavy (non-hydrogen) atoms. The fraction of sp³-hybridized carbons (Fsp3) is 0.333. The van der Waals surface area contributed by atoms with E-state index in [-0.39, 0.29) is 16.7 Å². The lowest BCUT2D eigenvalue weighted by Crippen LogP contribution is -2.37. The van der Waals surface area contributed by atoms with Crippen LogP contribution in [0.4, 0.5) is 0 Å². The Bertz CT molecular complexity index is 1150. The van der Waals surface area contributed by atoms with Crippen LogP contribution in [0.1, 0.15) is 19.8 Å². The Morgan fingerprint density at radius 3 is 2.43 bits per heavy atom. The first-order chi connectivity index (χ1) is 14.4.